The van der Waals surface area contributed by atoms with E-state index in [9.17, 15) is 4.39 Å². The van der Waals surface area contributed by atoms with Gasteiger partial charge in [0.15, 0.2) is 0 Å². The summed E-state index contributed by atoms with van der Waals surface area (Å²) in [7, 11) is 0. The van der Waals surface area contributed by atoms with Crippen LogP contribution in [0.2, 0.25) is 0 Å². The molecule has 0 bridgehead atoms. The van der Waals surface area contributed by atoms with Gasteiger partial charge in [-0.05, 0) is 45.4 Å². The van der Waals surface area contributed by atoms with Crippen molar-refractivity contribution in [3.63, 3.8) is 0 Å². The van der Waals surface area contributed by atoms with Crippen molar-refractivity contribution in [1.82, 2.24) is 10.2 Å². The fraction of sp³-hybridized carbons (Fsp3) is 0.588. The smallest absolute Gasteiger partial charge is 0.129 e. The normalized spacial score (nSPS) is 19.0. The summed E-state index contributed by atoms with van der Waals surface area (Å²) in [6.45, 7) is 6.90. The van der Waals surface area contributed by atoms with Gasteiger partial charge in [0.25, 0.3) is 0 Å². The van der Waals surface area contributed by atoms with Gasteiger partial charge in [0.05, 0.1) is 11.6 Å². The van der Waals surface area contributed by atoms with Gasteiger partial charge < -0.3 is 5.32 Å². The Labute approximate surface area is 126 Å². The number of halogens is 1. The average molecular weight is 289 g/mol. The third-order valence-electron chi connectivity index (χ3n) is 4.15. The molecule has 1 fully saturated rings. The Morgan fingerprint density at radius 1 is 1.43 bits per heavy atom. The molecule has 1 aromatic carbocycles. The molecule has 1 saturated heterocycles. The molecule has 0 saturated carbocycles. The van der Waals surface area contributed by atoms with E-state index in [-0.39, 0.29) is 5.82 Å². The van der Waals surface area contributed by atoms with Crippen LogP contribution >= 0.6 is 0 Å². The highest BCUT2D eigenvalue weighted by molar-refractivity contribution is 5.32. The molecule has 1 atom stereocenters. The van der Waals surface area contributed by atoms with Gasteiger partial charge in [-0.15, -0.1) is 0 Å². The first-order valence-corrected chi connectivity index (χ1v) is 7.76. The number of piperidine rings is 1. The molecule has 0 aliphatic carbocycles. The largest absolute Gasteiger partial charge is 0.313 e. The van der Waals surface area contributed by atoms with Crippen LogP contribution in [0.1, 0.15) is 44.2 Å². The van der Waals surface area contributed by atoms with Crippen LogP contribution in [0.4, 0.5) is 4.39 Å². The minimum absolute atomic E-state index is 0.281. The van der Waals surface area contributed by atoms with Gasteiger partial charge in [0, 0.05) is 30.7 Å². The number of hydrogen-bond donors (Lipinski definition) is 1. The molecular formula is C17H24FN3. The summed E-state index contributed by atoms with van der Waals surface area (Å²) < 4.78 is 14.0. The molecular weight excluding hydrogens is 265 g/mol. The van der Waals surface area contributed by atoms with Crippen molar-refractivity contribution >= 4 is 0 Å². The van der Waals surface area contributed by atoms with Crippen molar-refractivity contribution < 1.29 is 4.39 Å². The fourth-order valence-corrected chi connectivity index (χ4v) is 2.78. The lowest BCUT2D eigenvalue weighted by Crippen LogP contribution is -2.45. The monoisotopic (exact) mass is 289 g/mol. The SMILES string of the molecule is CC(C)N(Cc1ccc(C#N)cc1F)CC1CCCCN1. The summed E-state index contributed by atoms with van der Waals surface area (Å²) in [6.07, 6.45) is 3.72. The van der Waals surface area contributed by atoms with E-state index in [1.54, 1.807) is 12.1 Å². The molecule has 1 unspecified atom stereocenters. The molecule has 0 aromatic heterocycles. The second-order valence-corrected chi connectivity index (χ2v) is 6.09. The lowest BCUT2D eigenvalue weighted by molar-refractivity contribution is 0.175. The Balaban J connectivity index is 2.03. The third-order valence-corrected chi connectivity index (χ3v) is 4.15. The van der Waals surface area contributed by atoms with E-state index in [1.165, 1.54) is 25.3 Å². The summed E-state index contributed by atoms with van der Waals surface area (Å²) in [4.78, 5) is 2.30. The maximum absolute atomic E-state index is 14.0. The van der Waals surface area contributed by atoms with E-state index in [2.05, 4.69) is 24.1 Å². The first kappa shape index (κ1) is 15.9. The van der Waals surface area contributed by atoms with Crippen LogP contribution in [0, 0.1) is 17.1 Å². The third kappa shape index (κ3) is 4.52. The van der Waals surface area contributed by atoms with Gasteiger partial charge in [-0.2, -0.15) is 5.26 Å². The topological polar surface area (TPSA) is 39.1 Å². The highest BCUT2D eigenvalue weighted by Gasteiger charge is 2.19. The molecule has 1 aromatic rings. The number of rotatable bonds is 5. The van der Waals surface area contributed by atoms with Gasteiger partial charge in [-0.3, -0.25) is 4.90 Å². The number of nitrogens with zero attached hydrogens (tertiary/aromatic N) is 2. The number of nitrogens with one attached hydrogen (secondary N) is 1. The molecule has 3 nitrogen and oxygen atoms in total. The van der Waals surface area contributed by atoms with Crippen molar-refractivity contribution in [2.75, 3.05) is 13.1 Å². The summed E-state index contributed by atoms with van der Waals surface area (Å²) >= 11 is 0. The zero-order chi connectivity index (χ0) is 15.2. The number of nitriles is 1. The molecule has 1 aliphatic rings. The van der Waals surface area contributed by atoms with Crippen molar-refractivity contribution in [2.24, 2.45) is 0 Å². The molecule has 21 heavy (non-hydrogen) atoms. The summed E-state index contributed by atoms with van der Waals surface area (Å²) in [5.74, 6) is -0.281. The van der Waals surface area contributed by atoms with Crippen molar-refractivity contribution in [3.8, 4) is 6.07 Å². The average Bonchev–Trinajstić information content (AvgIpc) is 2.49. The summed E-state index contributed by atoms with van der Waals surface area (Å²) in [5, 5.41) is 12.3. The van der Waals surface area contributed by atoms with Gasteiger partial charge in [-0.25, -0.2) is 4.39 Å². The van der Waals surface area contributed by atoms with Gasteiger partial charge in [0.1, 0.15) is 5.82 Å². The predicted octanol–water partition coefficient (Wildman–Crippen LogP) is 3.05. The molecule has 1 heterocycles. The highest BCUT2D eigenvalue weighted by Crippen LogP contribution is 2.16. The summed E-state index contributed by atoms with van der Waals surface area (Å²) in [5.41, 5.74) is 1.04. The lowest BCUT2D eigenvalue weighted by Gasteiger charge is -2.33. The van der Waals surface area contributed by atoms with Crippen LogP contribution in [0.5, 0.6) is 0 Å². The Kier molecular flexibility index (Phi) is 5.72. The maximum Gasteiger partial charge on any atom is 0.129 e. The van der Waals surface area contributed by atoms with Crippen molar-refractivity contribution in [1.29, 1.82) is 5.26 Å². The first-order valence-electron chi connectivity index (χ1n) is 7.76. The van der Waals surface area contributed by atoms with E-state index in [4.69, 9.17) is 5.26 Å². The minimum Gasteiger partial charge on any atom is -0.313 e. The van der Waals surface area contributed by atoms with Crippen LogP contribution in [0.15, 0.2) is 18.2 Å². The second-order valence-electron chi connectivity index (χ2n) is 6.09. The maximum atomic E-state index is 14.0. The van der Waals surface area contributed by atoms with E-state index in [0.29, 0.717) is 29.8 Å². The molecule has 1 N–H and O–H groups in total. The van der Waals surface area contributed by atoms with E-state index in [0.717, 1.165) is 13.1 Å². The Bertz CT molecular complexity index is 501. The Morgan fingerprint density at radius 2 is 2.24 bits per heavy atom. The zero-order valence-electron chi connectivity index (χ0n) is 12.9. The van der Waals surface area contributed by atoms with Crippen LogP contribution in [-0.2, 0) is 6.54 Å². The second kappa shape index (κ2) is 7.53. The van der Waals surface area contributed by atoms with Gasteiger partial charge in [-0.1, -0.05) is 12.5 Å². The minimum atomic E-state index is -0.281. The first-order chi connectivity index (χ1) is 10.1. The molecule has 0 radical (unpaired) electrons. The van der Waals surface area contributed by atoms with E-state index < -0.39 is 0 Å². The van der Waals surface area contributed by atoms with Crippen LogP contribution in [0.25, 0.3) is 0 Å². The fourth-order valence-electron chi connectivity index (χ4n) is 2.78. The highest BCUT2D eigenvalue weighted by atomic mass is 19.1. The molecule has 114 valence electrons. The summed E-state index contributed by atoms with van der Waals surface area (Å²) in [6, 6.07) is 7.59. The van der Waals surface area contributed by atoms with Gasteiger partial charge >= 0.3 is 0 Å². The molecule has 0 spiro atoms. The van der Waals surface area contributed by atoms with Crippen molar-refractivity contribution in [3.05, 3.63) is 35.1 Å². The van der Waals surface area contributed by atoms with E-state index >= 15 is 0 Å². The standard InChI is InChI=1S/C17H24FN3/c1-13(2)21(12-16-5-3-4-8-20-16)11-15-7-6-14(10-19)9-17(15)18/h6-7,9,13,16,20H,3-5,8,11-12H2,1-2H3. The molecule has 0 amide bonds. The molecule has 2 rings (SSSR count). The quantitative estimate of drug-likeness (QED) is 0.905. The number of benzene rings is 1. The van der Waals surface area contributed by atoms with Crippen molar-refractivity contribution in [2.45, 2.75) is 51.7 Å². The zero-order valence-corrected chi connectivity index (χ0v) is 12.9. The van der Waals surface area contributed by atoms with Crippen LogP contribution < -0.4 is 5.32 Å². The van der Waals surface area contributed by atoms with Gasteiger partial charge in [0.2, 0.25) is 0 Å². The lowest BCUT2D eigenvalue weighted by atomic mass is 10.0. The molecule has 1 aliphatic heterocycles. The predicted molar refractivity (Wildman–Crippen MR) is 82.3 cm³/mol. The number of hydrogen-bond acceptors (Lipinski definition) is 3. The van der Waals surface area contributed by atoms with Crippen LogP contribution in [0.3, 0.4) is 0 Å². The Hall–Kier alpha value is -1.44. The van der Waals surface area contributed by atoms with Crippen LogP contribution in [-0.4, -0.2) is 30.1 Å². The van der Waals surface area contributed by atoms with E-state index in [1.807, 2.05) is 6.07 Å². The Morgan fingerprint density at radius 3 is 2.81 bits per heavy atom. The molecule has 4 heteroatoms.